The monoisotopic (exact) mass is 193 g/mol. The van der Waals surface area contributed by atoms with Crippen LogP contribution in [0.5, 0.6) is 0 Å². The van der Waals surface area contributed by atoms with Gasteiger partial charge in [-0.2, -0.15) is 5.10 Å². The highest BCUT2D eigenvalue weighted by Crippen LogP contribution is 2.22. The molecule has 0 aliphatic heterocycles. The highest BCUT2D eigenvalue weighted by molar-refractivity contribution is 5.93. The molecular formula is C10H15N3O. The molecule has 0 atom stereocenters. The number of nitrogens with zero attached hydrogens (tertiary/aromatic N) is 2. The van der Waals surface area contributed by atoms with E-state index in [-0.39, 0.29) is 5.91 Å². The van der Waals surface area contributed by atoms with Crippen molar-refractivity contribution in [1.29, 1.82) is 0 Å². The molecule has 4 heteroatoms. The van der Waals surface area contributed by atoms with E-state index in [1.54, 1.807) is 19.0 Å². The second-order valence-corrected chi connectivity index (χ2v) is 3.94. The fourth-order valence-corrected chi connectivity index (χ4v) is 1.87. The van der Waals surface area contributed by atoms with Gasteiger partial charge in [-0.15, -0.1) is 0 Å². The molecule has 1 aliphatic carbocycles. The number of nitrogens with one attached hydrogen (secondary N) is 1. The summed E-state index contributed by atoms with van der Waals surface area (Å²) in [4.78, 5) is 13.3. The minimum Gasteiger partial charge on any atom is -0.343 e. The van der Waals surface area contributed by atoms with E-state index in [0.717, 1.165) is 24.1 Å². The Balaban J connectivity index is 2.35. The molecule has 0 fully saturated rings. The molecule has 0 unspecified atom stereocenters. The summed E-state index contributed by atoms with van der Waals surface area (Å²) in [6, 6.07) is 0. The summed E-state index contributed by atoms with van der Waals surface area (Å²) in [7, 11) is 3.51. The highest BCUT2D eigenvalue weighted by Gasteiger charge is 2.22. The first-order valence-electron chi connectivity index (χ1n) is 4.98. The van der Waals surface area contributed by atoms with Gasteiger partial charge in [-0.1, -0.05) is 0 Å². The Morgan fingerprint density at radius 3 is 2.79 bits per heavy atom. The number of aromatic amines is 1. The first kappa shape index (κ1) is 9.24. The molecule has 2 rings (SSSR count). The Kier molecular flexibility index (Phi) is 2.27. The minimum atomic E-state index is 0.00407. The van der Waals surface area contributed by atoms with E-state index >= 15 is 0 Å². The van der Waals surface area contributed by atoms with Gasteiger partial charge < -0.3 is 4.90 Å². The third-order valence-corrected chi connectivity index (χ3v) is 2.67. The molecule has 4 nitrogen and oxygen atoms in total. The van der Waals surface area contributed by atoms with Crippen LogP contribution in [-0.2, 0) is 12.8 Å². The molecule has 1 heterocycles. The Morgan fingerprint density at radius 1 is 1.36 bits per heavy atom. The molecule has 0 saturated carbocycles. The van der Waals surface area contributed by atoms with Gasteiger partial charge in [0.2, 0.25) is 0 Å². The van der Waals surface area contributed by atoms with Gasteiger partial charge in [0.15, 0.2) is 5.69 Å². The Hall–Kier alpha value is -1.32. The fraction of sp³-hybridized carbons (Fsp3) is 0.600. The average Bonchev–Trinajstić information content (AvgIpc) is 2.60. The summed E-state index contributed by atoms with van der Waals surface area (Å²) in [5.74, 6) is 0.00407. The van der Waals surface area contributed by atoms with Crippen LogP contribution in [0.25, 0.3) is 0 Å². The molecule has 0 saturated heterocycles. The van der Waals surface area contributed by atoms with Gasteiger partial charge in [-0.05, 0) is 25.7 Å². The van der Waals surface area contributed by atoms with E-state index in [9.17, 15) is 4.79 Å². The predicted octanol–water partition coefficient (Wildman–Crippen LogP) is 0.990. The number of hydrogen-bond acceptors (Lipinski definition) is 2. The number of carbonyl (C=O) groups is 1. The summed E-state index contributed by atoms with van der Waals surface area (Å²) in [6.45, 7) is 0. The molecule has 0 spiro atoms. The largest absolute Gasteiger partial charge is 0.343 e. The lowest BCUT2D eigenvalue weighted by atomic mass is 9.96. The van der Waals surface area contributed by atoms with Crippen molar-refractivity contribution in [2.75, 3.05) is 14.1 Å². The molecule has 1 N–H and O–H groups in total. The first-order valence-corrected chi connectivity index (χ1v) is 4.98. The number of carbonyl (C=O) groups excluding carboxylic acids is 1. The van der Waals surface area contributed by atoms with Crippen molar-refractivity contribution in [3.05, 3.63) is 17.0 Å². The van der Waals surface area contributed by atoms with Gasteiger partial charge in [0.05, 0.1) is 0 Å². The molecule has 1 aromatic heterocycles. The van der Waals surface area contributed by atoms with Gasteiger partial charge in [0.25, 0.3) is 5.91 Å². The maximum absolute atomic E-state index is 11.7. The second kappa shape index (κ2) is 3.44. The number of aryl methyl sites for hydroxylation is 1. The van der Waals surface area contributed by atoms with E-state index in [0.29, 0.717) is 5.69 Å². The number of hydrogen-bond donors (Lipinski definition) is 1. The molecule has 0 aromatic carbocycles. The number of aromatic nitrogens is 2. The molecule has 1 aliphatic rings. The van der Waals surface area contributed by atoms with E-state index < -0.39 is 0 Å². The molecule has 0 bridgehead atoms. The van der Waals surface area contributed by atoms with Crippen LogP contribution >= 0.6 is 0 Å². The minimum absolute atomic E-state index is 0.00407. The lowest BCUT2D eigenvalue weighted by Gasteiger charge is -2.13. The van der Waals surface area contributed by atoms with Crippen LogP contribution in [0.2, 0.25) is 0 Å². The predicted molar refractivity (Wildman–Crippen MR) is 53.2 cm³/mol. The molecule has 76 valence electrons. The van der Waals surface area contributed by atoms with Crippen molar-refractivity contribution in [2.24, 2.45) is 0 Å². The topological polar surface area (TPSA) is 49.0 Å². The van der Waals surface area contributed by atoms with Gasteiger partial charge >= 0.3 is 0 Å². The van der Waals surface area contributed by atoms with Crippen LogP contribution < -0.4 is 0 Å². The Bertz CT molecular complexity index is 354. The normalized spacial score (nSPS) is 15.0. The number of rotatable bonds is 1. The Morgan fingerprint density at radius 2 is 2.07 bits per heavy atom. The maximum atomic E-state index is 11.7. The zero-order valence-electron chi connectivity index (χ0n) is 8.63. The fourth-order valence-electron chi connectivity index (χ4n) is 1.87. The van der Waals surface area contributed by atoms with Crippen LogP contribution in [0.4, 0.5) is 0 Å². The summed E-state index contributed by atoms with van der Waals surface area (Å²) >= 11 is 0. The second-order valence-electron chi connectivity index (χ2n) is 3.94. The highest BCUT2D eigenvalue weighted by atomic mass is 16.2. The van der Waals surface area contributed by atoms with Gasteiger partial charge in [-0.3, -0.25) is 9.89 Å². The van der Waals surface area contributed by atoms with Crippen LogP contribution in [0, 0.1) is 0 Å². The van der Waals surface area contributed by atoms with Crippen molar-refractivity contribution in [1.82, 2.24) is 15.1 Å². The van der Waals surface area contributed by atoms with Crippen LogP contribution in [0.15, 0.2) is 0 Å². The van der Waals surface area contributed by atoms with Gasteiger partial charge in [0, 0.05) is 25.4 Å². The van der Waals surface area contributed by atoms with Crippen molar-refractivity contribution in [3.8, 4) is 0 Å². The number of amides is 1. The first-order chi connectivity index (χ1) is 6.70. The van der Waals surface area contributed by atoms with Crippen molar-refractivity contribution in [2.45, 2.75) is 25.7 Å². The summed E-state index contributed by atoms with van der Waals surface area (Å²) in [6.07, 6.45) is 4.38. The number of fused-ring (bicyclic) bond motifs is 1. The van der Waals surface area contributed by atoms with E-state index in [2.05, 4.69) is 10.2 Å². The van der Waals surface area contributed by atoms with Crippen molar-refractivity contribution >= 4 is 5.91 Å². The summed E-state index contributed by atoms with van der Waals surface area (Å²) < 4.78 is 0. The van der Waals surface area contributed by atoms with Crippen molar-refractivity contribution in [3.63, 3.8) is 0 Å². The zero-order chi connectivity index (χ0) is 10.1. The van der Waals surface area contributed by atoms with Gasteiger partial charge in [-0.25, -0.2) is 0 Å². The molecule has 1 amide bonds. The average molecular weight is 193 g/mol. The summed E-state index contributed by atoms with van der Waals surface area (Å²) in [5, 5.41) is 7.07. The van der Waals surface area contributed by atoms with Crippen molar-refractivity contribution < 1.29 is 4.79 Å². The lowest BCUT2D eigenvalue weighted by Crippen LogP contribution is -2.23. The third kappa shape index (κ3) is 1.41. The molecule has 0 radical (unpaired) electrons. The molecular weight excluding hydrogens is 178 g/mol. The zero-order valence-corrected chi connectivity index (χ0v) is 8.63. The SMILES string of the molecule is CN(C)C(=O)c1n[nH]c2c1CCCC2. The lowest BCUT2D eigenvalue weighted by molar-refractivity contribution is 0.0820. The number of H-pyrrole nitrogens is 1. The van der Waals surface area contributed by atoms with E-state index in [1.807, 2.05) is 0 Å². The van der Waals surface area contributed by atoms with Crippen LogP contribution in [0.3, 0.4) is 0 Å². The van der Waals surface area contributed by atoms with E-state index in [1.165, 1.54) is 12.8 Å². The van der Waals surface area contributed by atoms with E-state index in [4.69, 9.17) is 0 Å². The Labute approximate surface area is 83.3 Å². The maximum Gasteiger partial charge on any atom is 0.274 e. The third-order valence-electron chi connectivity index (χ3n) is 2.67. The van der Waals surface area contributed by atoms with Crippen LogP contribution in [-0.4, -0.2) is 35.1 Å². The van der Waals surface area contributed by atoms with Gasteiger partial charge in [0.1, 0.15) is 0 Å². The standard InChI is InChI=1S/C10H15N3O/c1-13(2)10(14)9-7-5-3-4-6-8(7)11-12-9/h3-6H2,1-2H3,(H,11,12). The quantitative estimate of drug-likeness (QED) is 0.723. The molecule has 1 aromatic rings. The summed E-state index contributed by atoms with van der Waals surface area (Å²) in [5.41, 5.74) is 2.90. The van der Waals surface area contributed by atoms with Crippen LogP contribution in [0.1, 0.15) is 34.6 Å². The molecule has 14 heavy (non-hydrogen) atoms. The smallest absolute Gasteiger partial charge is 0.274 e.